The van der Waals surface area contributed by atoms with Crippen molar-refractivity contribution < 1.29 is 9.59 Å². The summed E-state index contributed by atoms with van der Waals surface area (Å²) in [5.41, 5.74) is -0.334. The van der Waals surface area contributed by atoms with Crippen molar-refractivity contribution in [2.24, 2.45) is 5.41 Å². The molecule has 1 aliphatic carbocycles. The van der Waals surface area contributed by atoms with Gasteiger partial charge in [0.1, 0.15) is 0 Å². The number of hydrogen-bond acceptors (Lipinski definition) is 3. The third-order valence-electron chi connectivity index (χ3n) is 4.31. The maximum atomic E-state index is 12.5. The number of likely N-dealkylation sites (tertiary alicyclic amines) is 1. The molecule has 18 heavy (non-hydrogen) atoms. The molecule has 0 aromatic heterocycles. The van der Waals surface area contributed by atoms with Gasteiger partial charge in [0, 0.05) is 19.5 Å². The van der Waals surface area contributed by atoms with E-state index in [4.69, 9.17) is 0 Å². The zero-order valence-corrected chi connectivity index (χ0v) is 11.3. The summed E-state index contributed by atoms with van der Waals surface area (Å²) >= 11 is 0. The summed E-state index contributed by atoms with van der Waals surface area (Å²) in [4.78, 5) is 26.1. The Bertz CT molecular complexity index is 320. The van der Waals surface area contributed by atoms with Crippen molar-refractivity contribution in [1.29, 1.82) is 0 Å². The molecule has 1 saturated heterocycles. The fourth-order valence-electron chi connectivity index (χ4n) is 3.25. The first-order valence-corrected chi connectivity index (χ1v) is 7.25. The summed E-state index contributed by atoms with van der Waals surface area (Å²) in [5.74, 6) is 0.145. The minimum absolute atomic E-state index is 0.0415. The number of amides is 2. The normalized spacial score (nSPS) is 23.7. The van der Waals surface area contributed by atoms with Gasteiger partial charge >= 0.3 is 0 Å². The lowest BCUT2D eigenvalue weighted by atomic mass is 9.79. The van der Waals surface area contributed by atoms with Gasteiger partial charge in [0.05, 0.1) is 5.41 Å². The Balaban J connectivity index is 2.02. The maximum absolute atomic E-state index is 12.5. The lowest BCUT2D eigenvalue weighted by molar-refractivity contribution is -0.141. The number of carbonyl (C=O) groups is 2. The average molecular weight is 252 g/mol. The third-order valence-corrected chi connectivity index (χ3v) is 4.31. The number of hydrogen-bond donors (Lipinski definition) is 1. The Morgan fingerprint density at radius 1 is 1.17 bits per heavy atom. The smallest absolute Gasteiger partial charge is 0.235 e. The first-order chi connectivity index (χ1) is 8.69. The predicted molar refractivity (Wildman–Crippen MR) is 70.0 cm³/mol. The van der Waals surface area contributed by atoms with Crippen LogP contribution in [-0.2, 0) is 9.59 Å². The molecule has 2 amide bonds. The van der Waals surface area contributed by atoms with Crippen LogP contribution in [0.2, 0.25) is 0 Å². The molecule has 1 N–H and O–H groups in total. The van der Waals surface area contributed by atoms with Crippen molar-refractivity contribution >= 4 is 11.8 Å². The van der Waals surface area contributed by atoms with Crippen LogP contribution in [0, 0.1) is 5.41 Å². The van der Waals surface area contributed by atoms with Crippen molar-refractivity contribution in [2.45, 2.75) is 51.9 Å². The Labute approximate surface area is 109 Å². The minimum atomic E-state index is -0.334. The van der Waals surface area contributed by atoms with Gasteiger partial charge in [-0.05, 0) is 19.4 Å². The van der Waals surface area contributed by atoms with E-state index in [0.717, 1.165) is 32.2 Å². The summed E-state index contributed by atoms with van der Waals surface area (Å²) in [6.07, 6.45) is 6.89. The zero-order chi connectivity index (χ0) is 13.0. The van der Waals surface area contributed by atoms with Gasteiger partial charge in [-0.3, -0.25) is 14.5 Å². The highest BCUT2D eigenvalue weighted by atomic mass is 16.2. The van der Waals surface area contributed by atoms with Gasteiger partial charge in [-0.2, -0.15) is 0 Å². The molecule has 0 atom stereocenters. The second kappa shape index (κ2) is 5.83. The van der Waals surface area contributed by atoms with Crippen LogP contribution in [0.1, 0.15) is 51.9 Å². The summed E-state index contributed by atoms with van der Waals surface area (Å²) in [5, 5.41) is 3.17. The molecule has 0 unspecified atom stereocenters. The summed E-state index contributed by atoms with van der Waals surface area (Å²) in [6, 6.07) is 0. The number of nitrogens with one attached hydrogen (secondary N) is 1. The van der Waals surface area contributed by atoms with E-state index in [-0.39, 0.29) is 17.2 Å². The monoisotopic (exact) mass is 252 g/mol. The van der Waals surface area contributed by atoms with Crippen molar-refractivity contribution in [3.05, 3.63) is 0 Å². The molecule has 4 nitrogen and oxygen atoms in total. The van der Waals surface area contributed by atoms with Gasteiger partial charge in [-0.15, -0.1) is 0 Å². The second-order valence-electron chi connectivity index (χ2n) is 5.58. The highest BCUT2D eigenvalue weighted by Crippen LogP contribution is 2.44. The molecule has 1 saturated carbocycles. The molecule has 0 radical (unpaired) electrons. The molecule has 1 aliphatic heterocycles. The molecule has 2 fully saturated rings. The molecule has 102 valence electrons. The first-order valence-electron chi connectivity index (χ1n) is 7.25. The number of carbonyl (C=O) groups excluding carboxylic acids is 2. The van der Waals surface area contributed by atoms with E-state index in [1.807, 2.05) is 6.92 Å². The molecule has 4 heteroatoms. The molecule has 1 heterocycles. The molecule has 1 spiro atoms. The standard InChI is InChI=1S/C14H24N2O2/c1-2-15-9-10-16-12(17)11-14(13(16)18)7-5-3-4-6-8-14/h15H,2-11H2,1H3. The van der Waals surface area contributed by atoms with E-state index in [1.54, 1.807) is 0 Å². The van der Waals surface area contributed by atoms with Crippen LogP contribution in [0.4, 0.5) is 0 Å². The fraction of sp³-hybridized carbons (Fsp3) is 0.857. The SMILES string of the molecule is CCNCCN1C(=O)CC2(CCCCCC2)C1=O. The van der Waals surface area contributed by atoms with Crippen LogP contribution >= 0.6 is 0 Å². The number of imide groups is 1. The van der Waals surface area contributed by atoms with Crippen LogP contribution in [0.3, 0.4) is 0 Å². The van der Waals surface area contributed by atoms with Crippen molar-refractivity contribution in [2.75, 3.05) is 19.6 Å². The minimum Gasteiger partial charge on any atom is -0.315 e. The summed E-state index contributed by atoms with van der Waals surface area (Å²) in [7, 11) is 0. The van der Waals surface area contributed by atoms with Crippen LogP contribution < -0.4 is 5.32 Å². The topological polar surface area (TPSA) is 49.4 Å². The third kappa shape index (κ3) is 2.58. The summed E-state index contributed by atoms with van der Waals surface area (Å²) in [6.45, 7) is 4.15. The Hall–Kier alpha value is -0.900. The van der Waals surface area contributed by atoms with Gasteiger partial charge in [0.2, 0.25) is 11.8 Å². The van der Waals surface area contributed by atoms with Crippen LogP contribution in [0.15, 0.2) is 0 Å². The van der Waals surface area contributed by atoms with Crippen LogP contribution in [-0.4, -0.2) is 36.3 Å². The number of nitrogens with zero attached hydrogens (tertiary/aromatic N) is 1. The Morgan fingerprint density at radius 3 is 2.44 bits per heavy atom. The van der Waals surface area contributed by atoms with E-state index < -0.39 is 0 Å². The molecule has 2 rings (SSSR count). The quantitative estimate of drug-likeness (QED) is 0.612. The number of likely N-dealkylation sites (N-methyl/N-ethyl adjacent to an activating group) is 1. The molecule has 0 aromatic rings. The van der Waals surface area contributed by atoms with Crippen molar-refractivity contribution in [3.63, 3.8) is 0 Å². The van der Waals surface area contributed by atoms with Gasteiger partial charge in [0.25, 0.3) is 0 Å². The van der Waals surface area contributed by atoms with Crippen LogP contribution in [0.5, 0.6) is 0 Å². The fourth-order valence-corrected chi connectivity index (χ4v) is 3.25. The largest absolute Gasteiger partial charge is 0.315 e. The van der Waals surface area contributed by atoms with Gasteiger partial charge in [-0.25, -0.2) is 0 Å². The second-order valence-corrected chi connectivity index (χ2v) is 5.58. The zero-order valence-electron chi connectivity index (χ0n) is 11.3. The highest BCUT2D eigenvalue weighted by Gasteiger charge is 2.50. The van der Waals surface area contributed by atoms with Crippen molar-refractivity contribution in [3.8, 4) is 0 Å². The molecule has 0 aromatic carbocycles. The predicted octanol–water partition coefficient (Wildman–Crippen LogP) is 1.70. The van der Waals surface area contributed by atoms with E-state index >= 15 is 0 Å². The Kier molecular flexibility index (Phi) is 4.38. The Morgan fingerprint density at radius 2 is 1.83 bits per heavy atom. The van der Waals surface area contributed by atoms with E-state index in [2.05, 4.69) is 5.32 Å². The number of rotatable bonds is 4. The van der Waals surface area contributed by atoms with E-state index in [0.29, 0.717) is 19.5 Å². The van der Waals surface area contributed by atoms with E-state index in [1.165, 1.54) is 17.7 Å². The average Bonchev–Trinajstić information content (AvgIpc) is 2.55. The van der Waals surface area contributed by atoms with Gasteiger partial charge in [0.15, 0.2) is 0 Å². The maximum Gasteiger partial charge on any atom is 0.235 e. The first kappa shape index (κ1) is 13.5. The molecule has 2 aliphatic rings. The van der Waals surface area contributed by atoms with Gasteiger partial charge in [-0.1, -0.05) is 32.6 Å². The van der Waals surface area contributed by atoms with Crippen molar-refractivity contribution in [1.82, 2.24) is 10.2 Å². The lowest BCUT2D eigenvalue weighted by Crippen LogP contribution is -2.39. The molecular weight excluding hydrogens is 228 g/mol. The lowest BCUT2D eigenvalue weighted by Gasteiger charge is -2.25. The van der Waals surface area contributed by atoms with E-state index in [9.17, 15) is 9.59 Å². The van der Waals surface area contributed by atoms with Crippen LogP contribution in [0.25, 0.3) is 0 Å². The molecule has 0 bridgehead atoms. The summed E-state index contributed by atoms with van der Waals surface area (Å²) < 4.78 is 0. The molecular formula is C14H24N2O2. The van der Waals surface area contributed by atoms with Gasteiger partial charge < -0.3 is 5.32 Å². The highest BCUT2D eigenvalue weighted by molar-refractivity contribution is 6.05.